The lowest BCUT2D eigenvalue weighted by atomic mass is 9.86. The zero-order valence-corrected chi connectivity index (χ0v) is 11.2. The molecule has 110 valence electrons. The van der Waals surface area contributed by atoms with Crippen LogP contribution in [0, 0.1) is 0 Å². The number of rotatable bonds is 8. The van der Waals surface area contributed by atoms with Gasteiger partial charge in [-0.1, -0.05) is 0 Å². The van der Waals surface area contributed by atoms with E-state index in [1.807, 2.05) is 0 Å². The fourth-order valence-electron chi connectivity index (χ4n) is 1.15. The van der Waals surface area contributed by atoms with E-state index in [9.17, 15) is 29.2 Å². The number of aliphatic hydroxyl groups is 2. The highest BCUT2D eigenvalue weighted by molar-refractivity contribution is 7.46. The van der Waals surface area contributed by atoms with Crippen molar-refractivity contribution < 1.29 is 43.5 Å². The van der Waals surface area contributed by atoms with Crippen LogP contribution in [-0.4, -0.2) is 55.7 Å². The van der Waals surface area contributed by atoms with Gasteiger partial charge in [-0.2, -0.15) is 0 Å². The number of hydrogen-bond donors (Lipinski definition) is 4. The highest BCUT2D eigenvalue weighted by Crippen LogP contribution is 2.36. The molecule has 0 aromatic heterocycles. The Morgan fingerprint density at radius 3 is 2.05 bits per heavy atom. The van der Waals surface area contributed by atoms with Crippen molar-refractivity contribution in [3.63, 3.8) is 0 Å². The predicted octanol–water partition coefficient (Wildman–Crippen LogP) is -1.68. The molecule has 19 heavy (non-hydrogen) atoms. The van der Waals surface area contributed by atoms with Crippen LogP contribution in [0.25, 0.3) is 0 Å². The van der Waals surface area contributed by atoms with Gasteiger partial charge in [0.15, 0.2) is 17.2 Å². The van der Waals surface area contributed by atoms with E-state index in [1.165, 1.54) is 0 Å². The van der Waals surface area contributed by atoms with E-state index in [4.69, 9.17) is 9.79 Å². The van der Waals surface area contributed by atoms with Gasteiger partial charge in [0.25, 0.3) is 0 Å². The molecule has 2 atom stereocenters. The van der Waals surface area contributed by atoms with Crippen LogP contribution >= 0.6 is 7.82 Å². The van der Waals surface area contributed by atoms with Gasteiger partial charge in [-0.05, 0) is 6.92 Å². The van der Waals surface area contributed by atoms with Crippen LogP contribution in [0.1, 0.15) is 20.3 Å². The molecule has 0 saturated heterocycles. The van der Waals surface area contributed by atoms with Crippen LogP contribution in [0.15, 0.2) is 0 Å². The summed E-state index contributed by atoms with van der Waals surface area (Å²) in [4.78, 5) is 50.1. The summed E-state index contributed by atoms with van der Waals surface area (Å²) in [6.45, 7) is 0.696. The molecule has 0 aliphatic carbocycles. The second kappa shape index (κ2) is 6.47. The van der Waals surface area contributed by atoms with Crippen LogP contribution in [0.5, 0.6) is 0 Å². The normalized spacial score (nSPS) is 16.5. The predicted molar refractivity (Wildman–Crippen MR) is 59.9 cm³/mol. The van der Waals surface area contributed by atoms with E-state index in [0.717, 1.165) is 13.8 Å². The molecule has 0 spiro atoms. The standard InChI is InChI=1S/C9H15O9P/c1-5(10)7(12)3-9(14,6(2)11)8(13)4-18-19(15,16)17/h8,13-14H,3-4H2,1-2H3,(H2,15,16,17)/t8-,9-/m1/s1. The first-order valence-corrected chi connectivity index (χ1v) is 6.58. The molecular formula is C9H15O9P. The van der Waals surface area contributed by atoms with Crippen molar-refractivity contribution >= 4 is 25.2 Å². The van der Waals surface area contributed by atoms with E-state index in [1.54, 1.807) is 0 Å². The molecule has 0 heterocycles. The Balaban J connectivity index is 4.98. The third-order valence-electron chi connectivity index (χ3n) is 2.38. The first-order chi connectivity index (χ1) is 8.40. The van der Waals surface area contributed by atoms with Crippen LogP contribution in [0.3, 0.4) is 0 Å². The molecule has 0 fully saturated rings. The molecule has 10 heteroatoms. The molecule has 4 N–H and O–H groups in total. The van der Waals surface area contributed by atoms with Crippen molar-refractivity contribution in [3.8, 4) is 0 Å². The minimum Gasteiger partial charge on any atom is -0.387 e. The molecule has 9 nitrogen and oxygen atoms in total. The lowest BCUT2D eigenvalue weighted by Crippen LogP contribution is -2.52. The number of ketones is 3. The van der Waals surface area contributed by atoms with Crippen LogP contribution < -0.4 is 0 Å². The lowest BCUT2D eigenvalue weighted by molar-refractivity contribution is -0.158. The van der Waals surface area contributed by atoms with Crippen molar-refractivity contribution in [2.75, 3.05) is 6.61 Å². The van der Waals surface area contributed by atoms with E-state index >= 15 is 0 Å². The van der Waals surface area contributed by atoms with Gasteiger partial charge < -0.3 is 20.0 Å². The number of phosphoric acid groups is 1. The highest BCUT2D eigenvalue weighted by atomic mass is 31.2. The van der Waals surface area contributed by atoms with Gasteiger partial charge in [-0.25, -0.2) is 4.57 Å². The largest absolute Gasteiger partial charge is 0.469 e. The Morgan fingerprint density at radius 2 is 1.74 bits per heavy atom. The fraction of sp³-hybridized carbons (Fsp3) is 0.667. The summed E-state index contributed by atoms with van der Waals surface area (Å²) in [6, 6.07) is 0. The van der Waals surface area contributed by atoms with E-state index in [-0.39, 0.29) is 0 Å². The molecule has 0 rings (SSSR count). The molecule has 0 saturated carbocycles. The van der Waals surface area contributed by atoms with Crippen molar-refractivity contribution in [1.29, 1.82) is 0 Å². The summed E-state index contributed by atoms with van der Waals surface area (Å²) >= 11 is 0. The second-order valence-corrected chi connectivity index (χ2v) is 5.18. The van der Waals surface area contributed by atoms with Gasteiger partial charge in [0.05, 0.1) is 13.0 Å². The van der Waals surface area contributed by atoms with Gasteiger partial charge in [0, 0.05) is 6.92 Å². The Morgan fingerprint density at radius 1 is 1.26 bits per heavy atom. The summed E-state index contributed by atoms with van der Waals surface area (Å²) in [5.74, 6) is -3.07. The average Bonchev–Trinajstić information content (AvgIpc) is 2.23. The van der Waals surface area contributed by atoms with E-state index < -0.39 is 49.9 Å². The number of carbonyl (C=O) groups is 3. The molecule has 0 radical (unpaired) electrons. The average molecular weight is 298 g/mol. The zero-order chi connectivity index (χ0) is 15.4. The number of hydrogen-bond acceptors (Lipinski definition) is 7. The molecule has 0 amide bonds. The topological polar surface area (TPSA) is 158 Å². The van der Waals surface area contributed by atoms with Crippen molar-refractivity contribution in [1.82, 2.24) is 0 Å². The Hall–Kier alpha value is -0.960. The molecule has 0 unspecified atom stereocenters. The first-order valence-electron chi connectivity index (χ1n) is 5.05. The summed E-state index contributed by atoms with van der Waals surface area (Å²) in [6.07, 6.45) is -3.07. The van der Waals surface area contributed by atoms with Crippen molar-refractivity contribution in [2.24, 2.45) is 0 Å². The third kappa shape index (κ3) is 5.68. The van der Waals surface area contributed by atoms with Gasteiger partial charge >= 0.3 is 7.82 Å². The highest BCUT2D eigenvalue weighted by Gasteiger charge is 2.44. The van der Waals surface area contributed by atoms with E-state index in [0.29, 0.717) is 0 Å². The maximum absolute atomic E-state index is 11.3. The molecule has 0 bridgehead atoms. The molecular weight excluding hydrogens is 283 g/mol. The van der Waals surface area contributed by atoms with Gasteiger partial charge in [0.2, 0.25) is 5.78 Å². The lowest BCUT2D eigenvalue weighted by Gasteiger charge is -2.29. The second-order valence-electron chi connectivity index (χ2n) is 3.94. The summed E-state index contributed by atoms with van der Waals surface area (Å²) in [7, 11) is -4.91. The number of phosphoric ester groups is 1. The number of carbonyl (C=O) groups excluding carboxylic acids is 3. The van der Waals surface area contributed by atoms with Crippen molar-refractivity contribution in [2.45, 2.75) is 32.0 Å². The quantitative estimate of drug-likeness (QED) is 0.303. The minimum absolute atomic E-state index is 0.855. The first kappa shape index (κ1) is 18.0. The number of Topliss-reactive ketones (excluding diaryl/α,β-unsaturated/α-hetero) is 3. The minimum atomic E-state index is -4.91. The van der Waals surface area contributed by atoms with E-state index in [2.05, 4.69) is 4.52 Å². The Labute approximate surface area is 108 Å². The van der Waals surface area contributed by atoms with Crippen LogP contribution in [0.2, 0.25) is 0 Å². The Bertz CT molecular complexity index is 425. The maximum atomic E-state index is 11.3. The monoisotopic (exact) mass is 298 g/mol. The molecule has 0 aromatic rings. The van der Waals surface area contributed by atoms with Gasteiger partial charge in [-0.15, -0.1) is 0 Å². The van der Waals surface area contributed by atoms with Crippen LogP contribution in [0.4, 0.5) is 0 Å². The summed E-state index contributed by atoms with van der Waals surface area (Å²) in [5.41, 5.74) is -2.64. The summed E-state index contributed by atoms with van der Waals surface area (Å²) < 4.78 is 14.4. The van der Waals surface area contributed by atoms with Crippen molar-refractivity contribution in [3.05, 3.63) is 0 Å². The molecule has 0 aliphatic heterocycles. The molecule has 0 aromatic carbocycles. The Kier molecular flexibility index (Phi) is 6.14. The van der Waals surface area contributed by atoms with Crippen LogP contribution in [-0.2, 0) is 23.5 Å². The fourth-order valence-corrected chi connectivity index (χ4v) is 1.49. The SMILES string of the molecule is CC(=O)C(=O)C[C@@](O)(C(C)=O)[C@H](O)COP(=O)(O)O. The zero-order valence-electron chi connectivity index (χ0n) is 10.3. The smallest absolute Gasteiger partial charge is 0.387 e. The molecule has 0 aliphatic rings. The third-order valence-corrected chi connectivity index (χ3v) is 2.87. The maximum Gasteiger partial charge on any atom is 0.469 e. The summed E-state index contributed by atoms with van der Waals surface area (Å²) in [5, 5.41) is 19.4. The van der Waals surface area contributed by atoms with Gasteiger partial charge in [0.1, 0.15) is 6.10 Å². The number of aliphatic hydroxyl groups excluding tert-OH is 1. The van der Waals surface area contributed by atoms with Gasteiger partial charge in [-0.3, -0.25) is 18.9 Å².